The monoisotopic (exact) mass is 248 g/mol. The van der Waals surface area contributed by atoms with Crippen molar-refractivity contribution < 1.29 is 0 Å². The molecule has 0 bridgehead atoms. The van der Waals surface area contributed by atoms with Crippen molar-refractivity contribution in [3.8, 4) is 10.6 Å². The maximum atomic E-state index is 4.27. The third kappa shape index (κ3) is 3.08. The second-order valence-electron chi connectivity index (χ2n) is 3.74. The Morgan fingerprint density at radius 1 is 1.35 bits per heavy atom. The first-order valence-corrected chi connectivity index (χ1v) is 6.58. The predicted molar refractivity (Wildman–Crippen MR) is 70.1 cm³/mol. The van der Waals surface area contributed by atoms with Crippen LogP contribution in [0.3, 0.4) is 0 Å². The Labute approximate surface area is 105 Å². The Bertz CT molecular complexity index is 481. The zero-order valence-corrected chi connectivity index (χ0v) is 10.9. The standard InChI is InChI=1S/C12H16N4S/c1-3-13-8-6-11-15-16-12(17-11)10-5-4-7-14-9(10)2/h4-5,7,13H,3,6,8H2,1-2H3. The smallest absolute Gasteiger partial charge is 0.149 e. The first-order chi connectivity index (χ1) is 8.31. The molecule has 0 saturated carbocycles. The van der Waals surface area contributed by atoms with Crippen molar-refractivity contribution in [3.63, 3.8) is 0 Å². The molecule has 0 aliphatic heterocycles. The highest BCUT2D eigenvalue weighted by Gasteiger charge is 2.08. The summed E-state index contributed by atoms with van der Waals surface area (Å²) in [5.41, 5.74) is 2.08. The van der Waals surface area contributed by atoms with Gasteiger partial charge in [0.15, 0.2) is 0 Å². The van der Waals surface area contributed by atoms with E-state index in [2.05, 4.69) is 27.4 Å². The van der Waals surface area contributed by atoms with Gasteiger partial charge in [-0.05, 0) is 25.6 Å². The molecule has 5 heteroatoms. The molecule has 0 radical (unpaired) electrons. The summed E-state index contributed by atoms with van der Waals surface area (Å²) >= 11 is 1.65. The second kappa shape index (κ2) is 5.84. The van der Waals surface area contributed by atoms with Crippen LogP contribution in [0.4, 0.5) is 0 Å². The summed E-state index contributed by atoms with van der Waals surface area (Å²) in [7, 11) is 0. The van der Waals surface area contributed by atoms with Crippen molar-refractivity contribution in [2.24, 2.45) is 0 Å². The van der Waals surface area contributed by atoms with Gasteiger partial charge in [-0.1, -0.05) is 18.3 Å². The maximum absolute atomic E-state index is 4.27. The SMILES string of the molecule is CCNCCc1nnc(-c2cccnc2C)s1. The molecule has 1 N–H and O–H groups in total. The lowest BCUT2D eigenvalue weighted by molar-refractivity contribution is 0.710. The third-order valence-corrected chi connectivity index (χ3v) is 3.49. The van der Waals surface area contributed by atoms with Crippen molar-refractivity contribution in [1.82, 2.24) is 20.5 Å². The van der Waals surface area contributed by atoms with Crippen LogP contribution in [0.15, 0.2) is 18.3 Å². The number of hydrogen-bond donors (Lipinski definition) is 1. The highest BCUT2D eigenvalue weighted by molar-refractivity contribution is 7.14. The van der Waals surface area contributed by atoms with E-state index in [1.54, 1.807) is 17.5 Å². The highest BCUT2D eigenvalue weighted by atomic mass is 32.1. The van der Waals surface area contributed by atoms with Crippen LogP contribution < -0.4 is 5.32 Å². The number of pyridine rings is 1. The molecule has 0 spiro atoms. The van der Waals surface area contributed by atoms with E-state index < -0.39 is 0 Å². The number of aryl methyl sites for hydroxylation is 1. The quantitative estimate of drug-likeness (QED) is 0.823. The van der Waals surface area contributed by atoms with Crippen molar-refractivity contribution in [2.45, 2.75) is 20.3 Å². The number of likely N-dealkylation sites (N-methyl/N-ethyl adjacent to an activating group) is 1. The summed E-state index contributed by atoms with van der Waals surface area (Å²) in [4.78, 5) is 4.27. The Morgan fingerprint density at radius 3 is 3.00 bits per heavy atom. The van der Waals surface area contributed by atoms with E-state index in [1.807, 2.05) is 19.1 Å². The third-order valence-electron chi connectivity index (χ3n) is 2.47. The zero-order chi connectivity index (χ0) is 12.1. The van der Waals surface area contributed by atoms with Gasteiger partial charge in [0, 0.05) is 30.4 Å². The Kier molecular flexibility index (Phi) is 4.17. The van der Waals surface area contributed by atoms with Crippen LogP contribution >= 0.6 is 11.3 Å². The maximum Gasteiger partial charge on any atom is 0.149 e. The lowest BCUT2D eigenvalue weighted by Crippen LogP contribution is -2.15. The molecule has 90 valence electrons. The van der Waals surface area contributed by atoms with Gasteiger partial charge >= 0.3 is 0 Å². The van der Waals surface area contributed by atoms with Crippen LogP contribution in [0.2, 0.25) is 0 Å². The molecule has 2 aromatic heterocycles. The Balaban J connectivity index is 2.10. The fraction of sp³-hybridized carbons (Fsp3) is 0.417. The normalized spacial score (nSPS) is 10.7. The molecule has 4 nitrogen and oxygen atoms in total. The van der Waals surface area contributed by atoms with E-state index in [0.717, 1.165) is 40.8 Å². The minimum absolute atomic E-state index is 0.935. The van der Waals surface area contributed by atoms with Gasteiger partial charge in [-0.2, -0.15) is 0 Å². The van der Waals surface area contributed by atoms with Crippen LogP contribution in [-0.2, 0) is 6.42 Å². The highest BCUT2D eigenvalue weighted by Crippen LogP contribution is 2.25. The molecule has 0 aliphatic rings. The van der Waals surface area contributed by atoms with Crippen molar-refractivity contribution >= 4 is 11.3 Å². The first kappa shape index (κ1) is 12.1. The van der Waals surface area contributed by atoms with E-state index in [0.29, 0.717) is 0 Å². The fourth-order valence-corrected chi connectivity index (χ4v) is 2.46. The molecule has 2 aromatic rings. The molecule has 2 rings (SSSR count). The van der Waals surface area contributed by atoms with Crippen molar-refractivity contribution in [2.75, 3.05) is 13.1 Å². The topological polar surface area (TPSA) is 50.7 Å². The Hall–Kier alpha value is -1.33. The predicted octanol–water partition coefficient (Wildman–Crippen LogP) is 2.06. The van der Waals surface area contributed by atoms with Crippen LogP contribution in [-0.4, -0.2) is 28.3 Å². The number of rotatable bonds is 5. The molecule has 0 aromatic carbocycles. The van der Waals surface area contributed by atoms with Crippen LogP contribution in [0.5, 0.6) is 0 Å². The summed E-state index contributed by atoms with van der Waals surface area (Å²) in [5.74, 6) is 0. The number of nitrogens with zero attached hydrogens (tertiary/aromatic N) is 3. The summed E-state index contributed by atoms with van der Waals surface area (Å²) < 4.78 is 0. The molecule has 0 fully saturated rings. The van der Waals surface area contributed by atoms with E-state index >= 15 is 0 Å². The molecule has 0 aliphatic carbocycles. The van der Waals surface area contributed by atoms with Crippen LogP contribution in [0.25, 0.3) is 10.6 Å². The van der Waals surface area contributed by atoms with Gasteiger partial charge in [-0.3, -0.25) is 4.98 Å². The average molecular weight is 248 g/mol. The summed E-state index contributed by atoms with van der Waals surface area (Å²) in [6.07, 6.45) is 2.73. The zero-order valence-electron chi connectivity index (χ0n) is 10.1. The van der Waals surface area contributed by atoms with Gasteiger partial charge in [0.05, 0.1) is 0 Å². The average Bonchev–Trinajstić information content (AvgIpc) is 2.79. The summed E-state index contributed by atoms with van der Waals surface area (Å²) in [6.45, 7) is 6.05. The summed E-state index contributed by atoms with van der Waals surface area (Å²) in [5, 5.41) is 13.8. The van der Waals surface area contributed by atoms with Crippen molar-refractivity contribution in [1.29, 1.82) is 0 Å². The molecule has 0 amide bonds. The molecule has 0 atom stereocenters. The van der Waals surface area contributed by atoms with Gasteiger partial charge in [0.2, 0.25) is 0 Å². The molecule has 2 heterocycles. The summed E-state index contributed by atoms with van der Waals surface area (Å²) in [6, 6.07) is 3.97. The van der Waals surface area contributed by atoms with Gasteiger partial charge in [0.25, 0.3) is 0 Å². The molecule has 0 unspecified atom stereocenters. The van der Waals surface area contributed by atoms with E-state index in [9.17, 15) is 0 Å². The van der Waals surface area contributed by atoms with E-state index in [-0.39, 0.29) is 0 Å². The Morgan fingerprint density at radius 2 is 2.24 bits per heavy atom. The van der Waals surface area contributed by atoms with Gasteiger partial charge in [-0.25, -0.2) is 0 Å². The van der Waals surface area contributed by atoms with Gasteiger partial charge in [-0.15, -0.1) is 10.2 Å². The van der Waals surface area contributed by atoms with E-state index in [4.69, 9.17) is 0 Å². The molecule has 0 saturated heterocycles. The number of aromatic nitrogens is 3. The lowest BCUT2D eigenvalue weighted by atomic mass is 10.2. The first-order valence-electron chi connectivity index (χ1n) is 5.76. The van der Waals surface area contributed by atoms with Gasteiger partial charge < -0.3 is 5.32 Å². The van der Waals surface area contributed by atoms with Crippen LogP contribution in [0.1, 0.15) is 17.6 Å². The molecule has 17 heavy (non-hydrogen) atoms. The minimum Gasteiger partial charge on any atom is -0.317 e. The number of hydrogen-bond acceptors (Lipinski definition) is 5. The molecular weight excluding hydrogens is 232 g/mol. The minimum atomic E-state index is 0.935. The van der Waals surface area contributed by atoms with Crippen LogP contribution in [0, 0.1) is 6.92 Å². The fourth-order valence-electron chi connectivity index (χ4n) is 1.55. The molecular formula is C12H16N4S. The second-order valence-corrected chi connectivity index (χ2v) is 4.80. The largest absolute Gasteiger partial charge is 0.317 e. The van der Waals surface area contributed by atoms with Gasteiger partial charge in [0.1, 0.15) is 10.0 Å². The number of nitrogens with one attached hydrogen (secondary N) is 1. The van der Waals surface area contributed by atoms with Crippen molar-refractivity contribution in [3.05, 3.63) is 29.0 Å². The van der Waals surface area contributed by atoms with E-state index in [1.165, 1.54) is 0 Å². The lowest BCUT2D eigenvalue weighted by Gasteiger charge is -1.98.